The minimum absolute atomic E-state index is 0. The van der Waals surface area contributed by atoms with E-state index < -0.39 is 0 Å². The van der Waals surface area contributed by atoms with Gasteiger partial charge in [-0.3, -0.25) is 4.48 Å². The predicted octanol–water partition coefficient (Wildman–Crippen LogP) is -0.268. The van der Waals surface area contributed by atoms with Gasteiger partial charge in [-0.05, 0) is 0 Å². The van der Waals surface area contributed by atoms with Gasteiger partial charge in [0.2, 0.25) is 6.23 Å². The van der Waals surface area contributed by atoms with Crippen LogP contribution in [-0.4, -0.2) is 30.8 Å². The van der Waals surface area contributed by atoms with Gasteiger partial charge in [-0.1, -0.05) is 43.8 Å². The highest BCUT2D eigenvalue weighted by atomic mass is 127. The van der Waals surface area contributed by atoms with Crippen LogP contribution in [0, 0.1) is 0 Å². The van der Waals surface area contributed by atoms with Crippen LogP contribution in [0.5, 0.6) is 0 Å². The van der Waals surface area contributed by atoms with Crippen LogP contribution in [0.15, 0.2) is 43.0 Å². The lowest BCUT2D eigenvalue weighted by Crippen LogP contribution is -3.00. The highest BCUT2D eigenvalue weighted by molar-refractivity contribution is 5.81. The molecule has 0 aliphatic heterocycles. The van der Waals surface area contributed by atoms with Crippen LogP contribution >= 0.6 is 0 Å². The van der Waals surface area contributed by atoms with E-state index >= 15 is 0 Å². The van der Waals surface area contributed by atoms with Gasteiger partial charge in [-0.25, -0.2) is 4.79 Å². The Labute approximate surface area is 132 Å². The summed E-state index contributed by atoms with van der Waals surface area (Å²) in [5.41, 5.74) is 1.23. The first-order valence-electron chi connectivity index (χ1n) is 6.19. The molecule has 19 heavy (non-hydrogen) atoms. The highest BCUT2D eigenvalue weighted by Gasteiger charge is 2.29. The van der Waals surface area contributed by atoms with Gasteiger partial charge in [0.1, 0.15) is 6.54 Å². The van der Waals surface area contributed by atoms with Crippen LogP contribution < -0.4 is 24.0 Å². The number of benzene rings is 1. The minimum Gasteiger partial charge on any atom is -1.00 e. The Morgan fingerprint density at radius 3 is 2.42 bits per heavy atom. The predicted molar refractivity (Wildman–Crippen MR) is 72.6 cm³/mol. The fraction of sp³-hybridized carbons (Fsp3) is 0.400. The van der Waals surface area contributed by atoms with Crippen molar-refractivity contribution in [3.8, 4) is 0 Å². The molecule has 1 unspecified atom stereocenters. The van der Waals surface area contributed by atoms with Crippen molar-refractivity contribution < 1.29 is 38.0 Å². The van der Waals surface area contributed by atoms with Crippen LogP contribution in [0.25, 0.3) is 0 Å². The Hall–Kier alpha value is -0.880. The molecule has 0 radical (unpaired) electrons. The number of halogens is 1. The molecule has 0 N–H and O–H groups in total. The number of carbonyl (C=O) groups is 1. The third kappa shape index (κ3) is 5.74. The summed E-state index contributed by atoms with van der Waals surface area (Å²) >= 11 is 0. The second kappa shape index (κ2) is 8.32. The fourth-order valence-corrected chi connectivity index (χ4v) is 2.06. The summed E-state index contributed by atoms with van der Waals surface area (Å²) in [6.45, 7) is 6.28. The normalized spacial score (nSPS) is 12.2. The van der Waals surface area contributed by atoms with Crippen molar-refractivity contribution in [2.75, 3.05) is 14.1 Å². The second-order valence-corrected chi connectivity index (χ2v) is 4.93. The Morgan fingerprint density at radius 2 is 1.95 bits per heavy atom. The Balaban J connectivity index is 0.00000324. The van der Waals surface area contributed by atoms with Crippen molar-refractivity contribution in [3.05, 3.63) is 48.6 Å². The average Bonchev–Trinajstić information content (AvgIpc) is 2.36. The number of quaternary nitrogens is 1. The summed E-state index contributed by atoms with van der Waals surface area (Å²) < 4.78 is 6.01. The summed E-state index contributed by atoms with van der Waals surface area (Å²) in [5.74, 6) is -0.360. The lowest BCUT2D eigenvalue weighted by molar-refractivity contribution is -0.947. The van der Waals surface area contributed by atoms with Crippen molar-refractivity contribution in [1.29, 1.82) is 0 Å². The third-order valence-electron chi connectivity index (χ3n) is 2.98. The van der Waals surface area contributed by atoms with E-state index in [1.165, 1.54) is 11.6 Å². The van der Waals surface area contributed by atoms with E-state index in [1.54, 1.807) is 0 Å². The van der Waals surface area contributed by atoms with Crippen molar-refractivity contribution in [1.82, 2.24) is 0 Å². The third-order valence-corrected chi connectivity index (χ3v) is 2.98. The standard InChI is InChI=1S/C15H22NO2.HI/c1-5-14(18-15(17)6-2)16(3,4)12-13-10-8-7-9-11-13;/h6-11,14H,2,5,12H2,1,3-4H3;1H/q+1;/p-1. The summed E-state index contributed by atoms with van der Waals surface area (Å²) in [4.78, 5) is 11.3. The molecular formula is C15H22INO2. The molecule has 106 valence electrons. The highest BCUT2D eigenvalue weighted by Crippen LogP contribution is 2.17. The number of hydrogen-bond acceptors (Lipinski definition) is 2. The molecule has 0 saturated heterocycles. The van der Waals surface area contributed by atoms with Gasteiger partial charge in [0.05, 0.1) is 14.1 Å². The van der Waals surface area contributed by atoms with Crippen molar-refractivity contribution in [2.24, 2.45) is 0 Å². The van der Waals surface area contributed by atoms with Crippen molar-refractivity contribution in [2.45, 2.75) is 26.1 Å². The Bertz CT molecular complexity index is 404. The van der Waals surface area contributed by atoms with Crippen LogP contribution in [0.2, 0.25) is 0 Å². The zero-order valence-corrected chi connectivity index (χ0v) is 14.0. The first-order chi connectivity index (χ1) is 8.49. The smallest absolute Gasteiger partial charge is 0.334 e. The van der Waals surface area contributed by atoms with Crippen LogP contribution in [0.1, 0.15) is 18.9 Å². The van der Waals surface area contributed by atoms with Gasteiger partial charge in [-0.15, -0.1) is 0 Å². The lowest BCUT2D eigenvalue weighted by atomic mass is 10.2. The lowest BCUT2D eigenvalue weighted by Gasteiger charge is -2.36. The van der Waals surface area contributed by atoms with Crippen molar-refractivity contribution in [3.63, 3.8) is 0 Å². The molecule has 1 aromatic carbocycles. The maximum absolute atomic E-state index is 11.3. The first-order valence-corrected chi connectivity index (χ1v) is 6.19. The molecule has 0 heterocycles. The van der Waals surface area contributed by atoms with E-state index in [0.717, 1.165) is 13.0 Å². The monoisotopic (exact) mass is 375 g/mol. The molecule has 0 aliphatic carbocycles. The average molecular weight is 375 g/mol. The van der Waals surface area contributed by atoms with Crippen LogP contribution in [-0.2, 0) is 16.1 Å². The van der Waals surface area contributed by atoms with E-state index in [-0.39, 0.29) is 36.2 Å². The number of ether oxygens (including phenoxy) is 1. The zero-order valence-electron chi connectivity index (χ0n) is 11.8. The van der Waals surface area contributed by atoms with Gasteiger partial charge in [0.25, 0.3) is 0 Å². The molecule has 0 aliphatic rings. The molecule has 4 heteroatoms. The molecule has 1 atom stereocenters. The zero-order chi connectivity index (χ0) is 13.6. The molecule has 1 rings (SSSR count). The number of nitrogens with zero attached hydrogens (tertiary/aromatic N) is 1. The largest absolute Gasteiger partial charge is 1.00 e. The molecule has 0 saturated carbocycles. The van der Waals surface area contributed by atoms with Gasteiger partial charge in [0.15, 0.2) is 0 Å². The molecule has 0 bridgehead atoms. The maximum atomic E-state index is 11.3. The van der Waals surface area contributed by atoms with E-state index in [0.29, 0.717) is 4.48 Å². The number of carbonyl (C=O) groups excluding carboxylic acids is 1. The number of esters is 1. The number of hydrogen-bond donors (Lipinski definition) is 0. The quantitative estimate of drug-likeness (QED) is 0.225. The molecule has 0 aromatic heterocycles. The molecule has 0 amide bonds. The maximum Gasteiger partial charge on any atom is 0.334 e. The van der Waals surface area contributed by atoms with E-state index in [9.17, 15) is 4.79 Å². The van der Waals surface area contributed by atoms with Gasteiger partial charge >= 0.3 is 5.97 Å². The Morgan fingerprint density at radius 1 is 1.37 bits per heavy atom. The van der Waals surface area contributed by atoms with Crippen LogP contribution in [0.3, 0.4) is 0 Å². The van der Waals surface area contributed by atoms with E-state index in [1.807, 2.05) is 25.1 Å². The second-order valence-electron chi connectivity index (χ2n) is 4.93. The summed E-state index contributed by atoms with van der Waals surface area (Å²) in [7, 11) is 4.13. The molecule has 1 aromatic rings. The topological polar surface area (TPSA) is 26.3 Å². The van der Waals surface area contributed by atoms with Crippen molar-refractivity contribution >= 4 is 5.97 Å². The van der Waals surface area contributed by atoms with Gasteiger partial charge < -0.3 is 28.7 Å². The minimum atomic E-state index is -0.360. The van der Waals surface area contributed by atoms with Gasteiger partial charge in [0, 0.05) is 18.1 Å². The van der Waals surface area contributed by atoms with E-state index in [2.05, 4.69) is 32.8 Å². The molecule has 0 spiro atoms. The summed E-state index contributed by atoms with van der Waals surface area (Å²) in [6.07, 6.45) is 1.83. The molecular weight excluding hydrogens is 353 g/mol. The molecule has 3 nitrogen and oxygen atoms in total. The fourth-order valence-electron chi connectivity index (χ4n) is 2.06. The molecule has 0 fully saturated rings. The van der Waals surface area contributed by atoms with E-state index in [4.69, 9.17) is 4.74 Å². The first kappa shape index (κ1) is 18.1. The Kier molecular flexibility index (Phi) is 7.94. The number of rotatable bonds is 6. The summed E-state index contributed by atoms with van der Waals surface area (Å²) in [5, 5.41) is 0. The van der Waals surface area contributed by atoms with Crippen LogP contribution in [0.4, 0.5) is 0 Å². The SMILES string of the molecule is C=CC(=O)OC(CC)[N+](C)(C)Cc1ccccc1.[I-]. The van der Waals surface area contributed by atoms with Gasteiger partial charge in [-0.2, -0.15) is 0 Å². The summed E-state index contributed by atoms with van der Waals surface area (Å²) in [6, 6.07) is 10.2.